The molecule has 0 heterocycles. The van der Waals surface area contributed by atoms with Crippen LogP contribution in [0, 0.1) is 0 Å². The predicted octanol–water partition coefficient (Wildman–Crippen LogP) is -0.142. The maximum absolute atomic E-state index is 9.64. The zero-order valence-corrected chi connectivity index (χ0v) is 16.2. The number of ether oxygens (including phenoxy) is 2. The van der Waals surface area contributed by atoms with E-state index in [4.69, 9.17) is 35.0 Å². The zero-order chi connectivity index (χ0) is 21.5. The Kier molecular flexibility index (Phi) is 27.8. The summed E-state index contributed by atoms with van der Waals surface area (Å²) in [6.45, 7) is 5.06. The van der Waals surface area contributed by atoms with E-state index in [0.29, 0.717) is 26.4 Å². The number of hydrogen-bond donors (Lipinski definition) is 6. The van der Waals surface area contributed by atoms with Crippen molar-refractivity contribution in [3.8, 4) is 0 Å². The number of carboxylic acids is 2. The molecule has 0 amide bonds. The lowest BCUT2D eigenvalue weighted by Crippen LogP contribution is -2.16. The van der Waals surface area contributed by atoms with Crippen molar-refractivity contribution in [2.75, 3.05) is 39.6 Å². The lowest BCUT2D eigenvalue weighted by atomic mass is 10.2. The van der Waals surface area contributed by atoms with Crippen molar-refractivity contribution in [1.29, 1.82) is 0 Å². The normalized spacial score (nSPS) is 12.1. The molecule has 10 nitrogen and oxygen atoms in total. The molecule has 2 atom stereocenters. The van der Waals surface area contributed by atoms with Crippen LogP contribution in [-0.4, -0.2) is 94.4 Å². The Labute approximate surface area is 160 Å². The van der Waals surface area contributed by atoms with E-state index in [9.17, 15) is 14.7 Å². The average molecular weight is 400 g/mol. The third kappa shape index (κ3) is 40.6. The molecule has 6 N–H and O–H groups in total. The highest BCUT2D eigenvalue weighted by atomic mass is 16.5. The quantitative estimate of drug-likeness (QED) is 0.215. The van der Waals surface area contributed by atoms with Gasteiger partial charge in [0.05, 0.1) is 64.7 Å². The molecule has 0 aromatic heterocycles. The van der Waals surface area contributed by atoms with E-state index in [-0.39, 0.29) is 32.2 Å². The minimum absolute atomic E-state index is 0.0206. The van der Waals surface area contributed by atoms with Crippen LogP contribution in [0.4, 0.5) is 0 Å². The summed E-state index contributed by atoms with van der Waals surface area (Å²) in [5.41, 5.74) is 0. The smallest absolute Gasteiger partial charge is 0.303 e. The molecule has 0 fully saturated rings. The lowest BCUT2D eigenvalue weighted by molar-refractivity contribution is -0.143. The van der Waals surface area contributed by atoms with Crippen LogP contribution >= 0.6 is 0 Å². The number of aliphatic hydroxyl groups excluding tert-OH is 4. The van der Waals surface area contributed by atoms with E-state index in [2.05, 4.69) is 6.92 Å². The molecule has 10 heteroatoms. The highest BCUT2D eigenvalue weighted by molar-refractivity contribution is 5.75. The van der Waals surface area contributed by atoms with Gasteiger partial charge < -0.3 is 40.1 Å². The second kappa shape index (κ2) is 24.7. The average Bonchev–Trinajstić information content (AvgIpc) is 2.59. The Hall–Kier alpha value is -1.30. The first-order valence-electron chi connectivity index (χ1n) is 8.88. The SMILES string of the molecule is CC(O)COCCO.CCCCC(O)COCCO.O=C(O)CCC(=O)O. The van der Waals surface area contributed by atoms with Gasteiger partial charge >= 0.3 is 11.9 Å². The number of hydrogen-bond acceptors (Lipinski definition) is 8. The minimum Gasteiger partial charge on any atom is -0.481 e. The van der Waals surface area contributed by atoms with Gasteiger partial charge in [0.15, 0.2) is 0 Å². The van der Waals surface area contributed by atoms with E-state index in [1.54, 1.807) is 6.92 Å². The predicted molar refractivity (Wildman–Crippen MR) is 97.5 cm³/mol. The standard InChI is InChI=1S/C8H18O3.C5H12O3.C4H6O4/c1-2-3-4-8(10)7-11-6-5-9;1-5(7)4-8-3-2-6;5-3(6)1-2-4(7)8/h8-10H,2-7H2,1H3;5-7H,2-4H2,1H3;1-2H2,(H,5,6)(H,7,8). The second-order valence-electron chi connectivity index (χ2n) is 5.53. The molecule has 27 heavy (non-hydrogen) atoms. The molecular formula is C17H36O10. The van der Waals surface area contributed by atoms with Crippen LogP contribution in [0.1, 0.15) is 46.0 Å². The molecule has 0 bridgehead atoms. The van der Waals surface area contributed by atoms with Crippen LogP contribution in [0.3, 0.4) is 0 Å². The highest BCUT2D eigenvalue weighted by Crippen LogP contribution is 2.00. The fourth-order valence-electron chi connectivity index (χ4n) is 1.34. The molecule has 0 radical (unpaired) electrons. The van der Waals surface area contributed by atoms with Crippen molar-refractivity contribution in [2.45, 2.75) is 58.2 Å². The molecule has 0 aliphatic heterocycles. The van der Waals surface area contributed by atoms with Gasteiger partial charge in [-0.2, -0.15) is 0 Å². The van der Waals surface area contributed by atoms with Crippen molar-refractivity contribution >= 4 is 11.9 Å². The maximum Gasteiger partial charge on any atom is 0.303 e. The molecule has 2 unspecified atom stereocenters. The first-order valence-corrected chi connectivity index (χ1v) is 8.88. The van der Waals surface area contributed by atoms with Crippen LogP contribution in [-0.2, 0) is 19.1 Å². The van der Waals surface area contributed by atoms with Crippen molar-refractivity contribution in [2.24, 2.45) is 0 Å². The molecule has 0 rings (SSSR count). The largest absolute Gasteiger partial charge is 0.481 e. The van der Waals surface area contributed by atoms with Gasteiger partial charge in [0.25, 0.3) is 0 Å². The Morgan fingerprint density at radius 1 is 0.889 bits per heavy atom. The van der Waals surface area contributed by atoms with Crippen LogP contribution in [0.25, 0.3) is 0 Å². The number of unbranched alkanes of at least 4 members (excludes halogenated alkanes) is 1. The first kappa shape index (κ1) is 30.4. The summed E-state index contributed by atoms with van der Waals surface area (Å²) in [6.07, 6.45) is 1.54. The third-order valence-corrected chi connectivity index (χ3v) is 2.58. The van der Waals surface area contributed by atoms with E-state index in [0.717, 1.165) is 19.3 Å². The summed E-state index contributed by atoms with van der Waals surface area (Å²) in [5.74, 6) is -2.15. The molecule has 0 aromatic carbocycles. The Morgan fingerprint density at radius 3 is 1.67 bits per heavy atom. The van der Waals surface area contributed by atoms with E-state index >= 15 is 0 Å². The van der Waals surface area contributed by atoms with Crippen LogP contribution in [0.15, 0.2) is 0 Å². The minimum atomic E-state index is -1.08. The summed E-state index contributed by atoms with van der Waals surface area (Å²) in [7, 11) is 0. The summed E-state index contributed by atoms with van der Waals surface area (Å²) < 4.78 is 9.69. The van der Waals surface area contributed by atoms with Crippen molar-refractivity contribution in [3.05, 3.63) is 0 Å². The third-order valence-electron chi connectivity index (χ3n) is 2.58. The number of rotatable bonds is 14. The molecule has 164 valence electrons. The van der Waals surface area contributed by atoms with Crippen LogP contribution in [0.5, 0.6) is 0 Å². The molecule has 0 spiro atoms. The zero-order valence-electron chi connectivity index (χ0n) is 16.2. The number of aliphatic hydroxyl groups is 4. The van der Waals surface area contributed by atoms with Crippen LogP contribution in [0.2, 0.25) is 0 Å². The van der Waals surface area contributed by atoms with Gasteiger partial charge in [-0.05, 0) is 13.3 Å². The first-order chi connectivity index (χ1) is 12.7. The van der Waals surface area contributed by atoms with Gasteiger partial charge in [-0.25, -0.2) is 0 Å². The summed E-state index contributed by atoms with van der Waals surface area (Å²) in [6, 6.07) is 0. The Morgan fingerprint density at radius 2 is 1.33 bits per heavy atom. The Balaban J connectivity index is -0.000000327. The van der Waals surface area contributed by atoms with Crippen LogP contribution < -0.4 is 0 Å². The van der Waals surface area contributed by atoms with Gasteiger partial charge in [0.1, 0.15) is 0 Å². The maximum atomic E-state index is 9.64. The summed E-state index contributed by atoms with van der Waals surface area (Å²) in [5, 5.41) is 50.1. The number of aliphatic carboxylic acids is 2. The van der Waals surface area contributed by atoms with E-state index < -0.39 is 18.0 Å². The van der Waals surface area contributed by atoms with Gasteiger partial charge in [0.2, 0.25) is 0 Å². The van der Waals surface area contributed by atoms with Crippen molar-refractivity contribution in [3.63, 3.8) is 0 Å². The van der Waals surface area contributed by atoms with Crippen molar-refractivity contribution < 1.29 is 49.7 Å². The number of carboxylic acid groups (broad SMARTS) is 2. The topological polar surface area (TPSA) is 174 Å². The fraction of sp³-hybridized carbons (Fsp3) is 0.882. The summed E-state index contributed by atoms with van der Waals surface area (Å²) >= 11 is 0. The highest BCUT2D eigenvalue weighted by Gasteiger charge is 2.02. The van der Waals surface area contributed by atoms with Gasteiger partial charge in [-0.1, -0.05) is 19.8 Å². The van der Waals surface area contributed by atoms with Gasteiger partial charge in [0, 0.05) is 0 Å². The molecular weight excluding hydrogens is 364 g/mol. The van der Waals surface area contributed by atoms with Crippen molar-refractivity contribution in [1.82, 2.24) is 0 Å². The molecule has 0 saturated carbocycles. The fourth-order valence-corrected chi connectivity index (χ4v) is 1.34. The second-order valence-corrected chi connectivity index (χ2v) is 5.53. The van der Waals surface area contributed by atoms with Gasteiger partial charge in [-0.3, -0.25) is 9.59 Å². The molecule has 0 aromatic rings. The Bertz CT molecular complexity index is 309. The molecule has 0 aliphatic carbocycles. The lowest BCUT2D eigenvalue weighted by Gasteiger charge is -2.09. The molecule has 0 aliphatic rings. The van der Waals surface area contributed by atoms with E-state index in [1.807, 2.05) is 0 Å². The number of carbonyl (C=O) groups is 2. The van der Waals surface area contributed by atoms with E-state index in [1.165, 1.54) is 0 Å². The summed E-state index contributed by atoms with van der Waals surface area (Å²) in [4.78, 5) is 19.3. The molecule has 0 saturated heterocycles. The monoisotopic (exact) mass is 400 g/mol. The van der Waals surface area contributed by atoms with Gasteiger partial charge in [-0.15, -0.1) is 0 Å².